The number of sulfone groups is 1. The maximum atomic E-state index is 11.9. The second-order valence-corrected chi connectivity index (χ2v) is 7.55. The Morgan fingerprint density at radius 1 is 1.23 bits per heavy atom. The standard InChI is InChI=1S/C13H17N5O3S/c19-13(10-17-5-7-22(20,21)8-6-17)14-9-12-16-15-11-3-1-2-4-18(11)12/h1-4H,5-10H2,(H,14,19). The van der Waals surface area contributed by atoms with Gasteiger partial charge in [-0.15, -0.1) is 10.2 Å². The monoisotopic (exact) mass is 323 g/mol. The van der Waals surface area contributed by atoms with E-state index >= 15 is 0 Å². The first-order chi connectivity index (χ1) is 10.5. The van der Waals surface area contributed by atoms with Crippen LogP contribution in [-0.2, 0) is 21.2 Å². The van der Waals surface area contributed by atoms with Gasteiger partial charge in [-0.05, 0) is 12.1 Å². The molecule has 22 heavy (non-hydrogen) atoms. The zero-order chi connectivity index (χ0) is 15.6. The normalized spacial score (nSPS) is 18.4. The fraction of sp³-hybridized carbons (Fsp3) is 0.462. The maximum Gasteiger partial charge on any atom is 0.234 e. The molecule has 1 fully saturated rings. The predicted molar refractivity (Wildman–Crippen MR) is 79.9 cm³/mol. The molecule has 2 aromatic heterocycles. The summed E-state index contributed by atoms with van der Waals surface area (Å²) in [7, 11) is -2.92. The summed E-state index contributed by atoms with van der Waals surface area (Å²) >= 11 is 0. The third kappa shape index (κ3) is 3.42. The molecule has 0 unspecified atom stereocenters. The third-order valence-corrected chi connectivity index (χ3v) is 5.24. The number of pyridine rings is 1. The van der Waals surface area contributed by atoms with E-state index in [1.54, 1.807) is 0 Å². The van der Waals surface area contributed by atoms with Gasteiger partial charge in [-0.25, -0.2) is 8.42 Å². The minimum absolute atomic E-state index is 0.120. The molecule has 1 amide bonds. The second kappa shape index (κ2) is 6.01. The molecule has 9 heteroatoms. The number of hydrogen-bond donors (Lipinski definition) is 1. The number of nitrogens with one attached hydrogen (secondary N) is 1. The number of fused-ring (bicyclic) bond motifs is 1. The molecule has 3 heterocycles. The fourth-order valence-corrected chi connectivity index (χ4v) is 3.63. The van der Waals surface area contributed by atoms with Crippen LogP contribution in [0.25, 0.3) is 5.65 Å². The highest BCUT2D eigenvalue weighted by atomic mass is 32.2. The van der Waals surface area contributed by atoms with E-state index in [-0.39, 0.29) is 30.5 Å². The smallest absolute Gasteiger partial charge is 0.234 e. The molecular weight excluding hydrogens is 306 g/mol. The highest BCUT2D eigenvalue weighted by molar-refractivity contribution is 7.91. The average molecular weight is 323 g/mol. The van der Waals surface area contributed by atoms with Crippen LogP contribution < -0.4 is 5.32 Å². The Morgan fingerprint density at radius 3 is 2.77 bits per heavy atom. The van der Waals surface area contributed by atoms with Crippen molar-refractivity contribution >= 4 is 21.4 Å². The molecule has 118 valence electrons. The zero-order valence-corrected chi connectivity index (χ0v) is 12.8. The van der Waals surface area contributed by atoms with Crippen LogP contribution in [0.4, 0.5) is 0 Å². The molecule has 0 atom stereocenters. The number of hydrogen-bond acceptors (Lipinski definition) is 6. The predicted octanol–water partition coefficient (Wildman–Crippen LogP) is -0.924. The maximum absolute atomic E-state index is 11.9. The Bertz CT molecular complexity index is 772. The van der Waals surface area contributed by atoms with Gasteiger partial charge in [0.05, 0.1) is 24.6 Å². The van der Waals surface area contributed by atoms with Crippen LogP contribution in [0.15, 0.2) is 24.4 Å². The van der Waals surface area contributed by atoms with Crippen molar-refractivity contribution in [1.82, 2.24) is 24.8 Å². The van der Waals surface area contributed by atoms with Gasteiger partial charge in [0.15, 0.2) is 21.3 Å². The average Bonchev–Trinajstić information content (AvgIpc) is 2.91. The third-order valence-electron chi connectivity index (χ3n) is 3.63. The summed E-state index contributed by atoms with van der Waals surface area (Å²) in [4.78, 5) is 13.8. The molecule has 0 aromatic carbocycles. The van der Waals surface area contributed by atoms with E-state index in [0.29, 0.717) is 18.9 Å². The van der Waals surface area contributed by atoms with Gasteiger partial charge in [0.1, 0.15) is 0 Å². The van der Waals surface area contributed by atoms with E-state index in [0.717, 1.165) is 5.65 Å². The Morgan fingerprint density at radius 2 is 2.00 bits per heavy atom. The molecule has 1 saturated heterocycles. The van der Waals surface area contributed by atoms with Crippen molar-refractivity contribution in [3.05, 3.63) is 30.2 Å². The van der Waals surface area contributed by atoms with E-state index in [9.17, 15) is 13.2 Å². The summed E-state index contributed by atoms with van der Waals surface area (Å²) in [6.45, 7) is 1.30. The van der Waals surface area contributed by atoms with Crippen LogP contribution in [0.5, 0.6) is 0 Å². The molecule has 0 bridgehead atoms. The van der Waals surface area contributed by atoms with Crippen LogP contribution in [0.2, 0.25) is 0 Å². The number of nitrogens with zero attached hydrogens (tertiary/aromatic N) is 4. The van der Waals surface area contributed by atoms with Gasteiger partial charge in [-0.2, -0.15) is 0 Å². The molecule has 3 rings (SSSR count). The first-order valence-electron chi connectivity index (χ1n) is 7.02. The molecular formula is C13H17N5O3S. The van der Waals surface area contributed by atoms with Gasteiger partial charge in [0.25, 0.3) is 0 Å². The molecule has 0 aliphatic carbocycles. The highest BCUT2D eigenvalue weighted by Crippen LogP contribution is 2.04. The summed E-state index contributed by atoms with van der Waals surface area (Å²) in [5, 5.41) is 10.8. The minimum Gasteiger partial charge on any atom is -0.348 e. The number of carbonyl (C=O) groups is 1. The van der Waals surface area contributed by atoms with E-state index in [2.05, 4.69) is 15.5 Å². The summed E-state index contributed by atoms with van der Waals surface area (Å²) in [5.74, 6) is 0.752. The molecule has 1 aliphatic rings. The van der Waals surface area contributed by atoms with Crippen molar-refractivity contribution in [3.8, 4) is 0 Å². The van der Waals surface area contributed by atoms with E-state index in [1.807, 2.05) is 33.7 Å². The Labute approximate surface area is 128 Å². The van der Waals surface area contributed by atoms with E-state index < -0.39 is 9.84 Å². The van der Waals surface area contributed by atoms with Crippen LogP contribution in [0, 0.1) is 0 Å². The van der Waals surface area contributed by atoms with Crippen molar-refractivity contribution in [3.63, 3.8) is 0 Å². The highest BCUT2D eigenvalue weighted by Gasteiger charge is 2.22. The summed E-state index contributed by atoms with van der Waals surface area (Å²) in [6, 6.07) is 5.58. The molecule has 2 aromatic rings. The van der Waals surface area contributed by atoms with Crippen molar-refractivity contribution in [1.29, 1.82) is 0 Å². The molecule has 0 radical (unpaired) electrons. The molecule has 0 saturated carbocycles. The number of carbonyl (C=O) groups excluding carboxylic acids is 1. The number of aromatic nitrogens is 3. The molecule has 1 aliphatic heterocycles. The SMILES string of the molecule is O=C(CN1CCS(=O)(=O)CC1)NCc1nnc2ccccn12. The van der Waals surface area contributed by atoms with Gasteiger partial charge in [0.2, 0.25) is 5.91 Å². The van der Waals surface area contributed by atoms with Gasteiger partial charge in [-0.3, -0.25) is 14.1 Å². The van der Waals surface area contributed by atoms with Crippen LogP contribution in [-0.4, -0.2) is 65.0 Å². The van der Waals surface area contributed by atoms with Crippen molar-refractivity contribution in [2.45, 2.75) is 6.54 Å². The van der Waals surface area contributed by atoms with Crippen molar-refractivity contribution in [2.75, 3.05) is 31.1 Å². The van der Waals surface area contributed by atoms with Crippen molar-refractivity contribution < 1.29 is 13.2 Å². The van der Waals surface area contributed by atoms with Gasteiger partial charge in [0, 0.05) is 19.3 Å². The van der Waals surface area contributed by atoms with Crippen molar-refractivity contribution in [2.24, 2.45) is 0 Å². The second-order valence-electron chi connectivity index (χ2n) is 5.25. The topological polar surface area (TPSA) is 96.7 Å². The van der Waals surface area contributed by atoms with Gasteiger partial charge >= 0.3 is 0 Å². The lowest BCUT2D eigenvalue weighted by Gasteiger charge is -2.25. The summed E-state index contributed by atoms with van der Waals surface area (Å²) in [5.41, 5.74) is 0.730. The number of rotatable bonds is 4. The Kier molecular flexibility index (Phi) is 4.08. The van der Waals surface area contributed by atoms with Crippen LogP contribution in [0.1, 0.15) is 5.82 Å². The van der Waals surface area contributed by atoms with Gasteiger partial charge in [-0.1, -0.05) is 6.07 Å². The minimum atomic E-state index is -2.92. The lowest BCUT2D eigenvalue weighted by molar-refractivity contribution is -0.122. The lowest BCUT2D eigenvalue weighted by atomic mass is 10.4. The Hall–Kier alpha value is -2.00. The first-order valence-corrected chi connectivity index (χ1v) is 8.84. The quantitative estimate of drug-likeness (QED) is 0.781. The zero-order valence-electron chi connectivity index (χ0n) is 12.0. The van der Waals surface area contributed by atoms with E-state index in [1.165, 1.54) is 0 Å². The van der Waals surface area contributed by atoms with Crippen LogP contribution >= 0.6 is 0 Å². The lowest BCUT2D eigenvalue weighted by Crippen LogP contribution is -2.45. The molecule has 0 spiro atoms. The Balaban J connectivity index is 1.52. The summed E-state index contributed by atoms with van der Waals surface area (Å²) in [6.07, 6.45) is 1.84. The summed E-state index contributed by atoms with van der Waals surface area (Å²) < 4.78 is 24.5. The molecule has 1 N–H and O–H groups in total. The van der Waals surface area contributed by atoms with Gasteiger partial charge < -0.3 is 5.32 Å². The number of amides is 1. The first kappa shape index (κ1) is 14.9. The van der Waals surface area contributed by atoms with E-state index in [4.69, 9.17) is 0 Å². The van der Waals surface area contributed by atoms with Crippen LogP contribution in [0.3, 0.4) is 0 Å². The fourth-order valence-electron chi connectivity index (χ4n) is 2.36. The molecule has 8 nitrogen and oxygen atoms in total. The largest absolute Gasteiger partial charge is 0.348 e.